The van der Waals surface area contributed by atoms with Crippen LogP contribution in [0.1, 0.15) is 10.5 Å². The van der Waals surface area contributed by atoms with E-state index >= 15 is 0 Å². The molecule has 0 amide bonds. The molecule has 0 radical (unpaired) electrons. The number of rotatable bonds is 2. The van der Waals surface area contributed by atoms with Gasteiger partial charge in [0.1, 0.15) is 11.4 Å². The first kappa shape index (κ1) is 10.2. The molecule has 2 aromatic heterocycles. The average molecular weight is 243 g/mol. The Hall–Kier alpha value is -1.33. The van der Waals surface area contributed by atoms with E-state index in [4.69, 9.17) is 16.7 Å². The van der Waals surface area contributed by atoms with Gasteiger partial charge in [0, 0.05) is 7.05 Å². The maximum Gasteiger partial charge on any atom is 0.354 e. The highest BCUT2D eigenvalue weighted by Crippen LogP contribution is 2.30. The Balaban J connectivity index is 2.46. The highest BCUT2D eigenvalue weighted by Gasteiger charge is 2.13. The molecule has 2 rings (SSSR count). The van der Waals surface area contributed by atoms with E-state index in [1.165, 1.54) is 22.1 Å². The molecule has 2 aromatic rings. The number of halogens is 1. The summed E-state index contributed by atoms with van der Waals surface area (Å²) in [6.07, 6.45) is 0. The van der Waals surface area contributed by atoms with Crippen molar-refractivity contribution in [3.8, 4) is 10.6 Å². The van der Waals surface area contributed by atoms with Gasteiger partial charge in [0.2, 0.25) is 0 Å². The van der Waals surface area contributed by atoms with Crippen LogP contribution in [0, 0.1) is 0 Å². The van der Waals surface area contributed by atoms with Gasteiger partial charge in [-0.15, -0.1) is 11.3 Å². The summed E-state index contributed by atoms with van der Waals surface area (Å²) in [5.74, 6) is -0.987. The predicted octanol–water partition coefficient (Wildman–Crippen LogP) is 2.50. The highest BCUT2D eigenvalue weighted by atomic mass is 35.5. The van der Waals surface area contributed by atoms with Crippen LogP contribution in [0.3, 0.4) is 0 Å². The van der Waals surface area contributed by atoms with Crippen LogP contribution in [0.5, 0.6) is 0 Å². The first-order valence-electron chi connectivity index (χ1n) is 4.11. The number of carboxylic acids is 1. The summed E-state index contributed by atoms with van der Waals surface area (Å²) in [5.41, 5.74) is 0.793. The van der Waals surface area contributed by atoms with Crippen LogP contribution >= 0.6 is 22.9 Å². The van der Waals surface area contributed by atoms with Gasteiger partial charge in [-0.25, -0.2) is 4.79 Å². The summed E-state index contributed by atoms with van der Waals surface area (Å²) < 4.78 is 2.00. The molecular formula is C9H7ClN2O2S. The van der Waals surface area contributed by atoms with Gasteiger partial charge >= 0.3 is 5.97 Å². The number of carboxylic acid groups (broad SMARTS) is 1. The second kappa shape index (κ2) is 3.67. The van der Waals surface area contributed by atoms with Crippen LogP contribution < -0.4 is 0 Å². The average Bonchev–Trinajstić information content (AvgIpc) is 2.71. The van der Waals surface area contributed by atoms with Crippen molar-refractivity contribution in [2.75, 3.05) is 0 Å². The van der Waals surface area contributed by atoms with Gasteiger partial charge in [0.15, 0.2) is 0 Å². The lowest BCUT2D eigenvalue weighted by Crippen LogP contribution is -2.04. The van der Waals surface area contributed by atoms with Gasteiger partial charge in [-0.1, -0.05) is 11.6 Å². The van der Waals surface area contributed by atoms with Gasteiger partial charge in [-0.05, 0) is 18.2 Å². The molecule has 0 saturated heterocycles. The fourth-order valence-electron chi connectivity index (χ4n) is 1.24. The van der Waals surface area contributed by atoms with E-state index in [0.717, 1.165) is 4.88 Å². The van der Waals surface area contributed by atoms with Crippen molar-refractivity contribution in [3.05, 3.63) is 28.2 Å². The quantitative estimate of drug-likeness (QED) is 0.880. The normalized spacial score (nSPS) is 10.5. The molecule has 0 fully saturated rings. The number of nitrogens with zero attached hydrogens (tertiary/aromatic N) is 2. The Morgan fingerprint density at radius 1 is 1.60 bits per heavy atom. The van der Waals surface area contributed by atoms with E-state index in [1.807, 2.05) is 6.07 Å². The summed E-state index contributed by atoms with van der Waals surface area (Å²) >= 11 is 7.16. The third-order valence-electron chi connectivity index (χ3n) is 1.92. The molecule has 4 nitrogen and oxygen atoms in total. The van der Waals surface area contributed by atoms with Crippen LogP contribution in [0.25, 0.3) is 10.6 Å². The smallest absolute Gasteiger partial charge is 0.354 e. The van der Waals surface area contributed by atoms with Crippen LogP contribution in [-0.2, 0) is 7.05 Å². The topological polar surface area (TPSA) is 55.1 Å². The second-order valence-electron chi connectivity index (χ2n) is 2.95. The summed E-state index contributed by atoms with van der Waals surface area (Å²) in [4.78, 5) is 11.7. The molecule has 0 atom stereocenters. The maximum atomic E-state index is 10.8. The molecule has 0 aromatic carbocycles. The number of hydrogen-bond acceptors (Lipinski definition) is 3. The number of thiophene rings is 1. The van der Waals surface area contributed by atoms with Crippen molar-refractivity contribution in [1.82, 2.24) is 9.78 Å². The Labute approximate surface area is 94.7 Å². The molecule has 78 valence electrons. The van der Waals surface area contributed by atoms with Crippen molar-refractivity contribution in [1.29, 1.82) is 0 Å². The third-order valence-corrected chi connectivity index (χ3v) is 3.18. The lowest BCUT2D eigenvalue weighted by molar-refractivity contribution is 0.0685. The van der Waals surface area contributed by atoms with Crippen LogP contribution in [0.15, 0.2) is 18.2 Å². The minimum absolute atomic E-state index is 0.162. The zero-order chi connectivity index (χ0) is 11.0. The molecule has 0 bridgehead atoms. The van der Waals surface area contributed by atoms with Crippen molar-refractivity contribution >= 4 is 28.9 Å². The SMILES string of the molecule is Cn1nc(-c2ccc(Cl)s2)cc1C(=O)O. The lowest BCUT2D eigenvalue weighted by atomic mass is 10.3. The van der Waals surface area contributed by atoms with E-state index in [2.05, 4.69) is 5.10 Å². The van der Waals surface area contributed by atoms with E-state index in [0.29, 0.717) is 10.0 Å². The van der Waals surface area contributed by atoms with Crippen molar-refractivity contribution < 1.29 is 9.90 Å². The molecule has 2 heterocycles. The fraction of sp³-hybridized carbons (Fsp3) is 0.111. The van der Waals surface area contributed by atoms with Crippen molar-refractivity contribution in [3.63, 3.8) is 0 Å². The minimum atomic E-state index is -0.987. The Morgan fingerprint density at radius 2 is 2.33 bits per heavy atom. The number of carbonyl (C=O) groups is 1. The zero-order valence-electron chi connectivity index (χ0n) is 7.77. The molecule has 0 saturated carbocycles. The zero-order valence-corrected chi connectivity index (χ0v) is 9.34. The Kier molecular flexibility index (Phi) is 2.50. The maximum absolute atomic E-state index is 10.8. The monoisotopic (exact) mass is 242 g/mol. The summed E-state index contributed by atoms with van der Waals surface area (Å²) in [6, 6.07) is 5.11. The van der Waals surface area contributed by atoms with Crippen LogP contribution in [0.4, 0.5) is 0 Å². The molecule has 15 heavy (non-hydrogen) atoms. The number of aromatic nitrogens is 2. The molecule has 0 spiro atoms. The summed E-state index contributed by atoms with van der Waals surface area (Å²) in [7, 11) is 1.60. The molecule has 6 heteroatoms. The number of hydrogen-bond donors (Lipinski definition) is 1. The molecule has 0 aliphatic heterocycles. The summed E-state index contributed by atoms with van der Waals surface area (Å²) in [5, 5.41) is 13.0. The van der Waals surface area contributed by atoms with Crippen molar-refractivity contribution in [2.45, 2.75) is 0 Å². The van der Waals surface area contributed by atoms with Crippen LogP contribution in [0.2, 0.25) is 4.34 Å². The van der Waals surface area contributed by atoms with Crippen molar-refractivity contribution in [2.24, 2.45) is 7.05 Å². The van der Waals surface area contributed by atoms with E-state index < -0.39 is 5.97 Å². The molecule has 0 aliphatic rings. The second-order valence-corrected chi connectivity index (χ2v) is 4.66. The Morgan fingerprint density at radius 3 is 2.80 bits per heavy atom. The molecule has 1 N–H and O–H groups in total. The number of aryl methyl sites for hydroxylation is 1. The molecule has 0 aliphatic carbocycles. The van der Waals surface area contributed by atoms with Gasteiger partial charge in [0.25, 0.3) is 0 Å². The third kappa shape index (κ3) is 1.88. The van der Waals surface area contributed by atoms with E-state index in [-0.39, 0.29) is 5.69 Å². The standard InChI is InChI=1S/C9H7ClN2O2S/c1-12-6(9(13)14)4-5(11-12)7-2-3-8(10)15-7/h2-4H,1H3,(H,13,14). The van der Waals surface area contributed by atoms with Gasteiger partial charge < -0.3 is 5.11 Å². The first-order chi connectivity index (χ1) is 7.08. The van der Waals surface area contributed by atoms with Gasteiger partial charge in [-0.2, -0.15) is 5.10 Å². The van der Waals surface area contributed by atoms with Gasteiger partial charge in [-0.3, -0.25) is 4.68 Å². The minimum Gasteiger partial charge on any atom is -0.477 e. The van der Waals surface area contributed by atoms with Gasteiger partial charge in [0.05, 0.1) is 9.21 Å². The highest BCUT2D eigenvalue weighted by molar-refractivity contribution is 7.19. The lowest BCUT2D eigenvalue weighted by Gasteiger charge is -1.91. The van der Waals surface area contributed by atoms with E-state index in [9.17, 15) is 4.79 Å². The number of aromatic carboxylic acids is 1. The fourth-order valence-corrected chi connectivity index (χ4v) is 2.24. The van der Waals surface area contributed by atoms with Crippen LogP contribution in [-0.4, -0.2) is 20.9 Å². The Bertz CT molecular complexity index is 518. The predicted molar refractivity (Wildman–Crippen MR) is 58.5 cm³/mol. The largest absolute Gasteiger partial charge is 0.477 e. The summed E-state index contributed by atoms with van der Waals surface area (Å²) in [6.45, 7) is 0. The van der Waals surface area contributed by atoms with E-state index in [1.54, 1.807) is 13.1 Å². The first-order valence-corrected chi connectivity index (χ1v) is 5.30. The molecular weight excluding hydrogens is 236 g/mol. The molecule has 0 unspecified atom stereocenters.